The number of sulfonamides is 1. The molecule has 40 heavy (non-hydrogen) atoms. The first-order valence-electron chi connectivity index (χ1n) is 13.1. The Bertz CT molecular complexity index is 1460. The lowest BCUT2D eigenvalue weighted by atomic mass is 10.2. The molecule has 0 radical (unpaired) electrons. The van der Waals surface area contributed by atoms with E-state index in [0.29, 0.717) is 48.3 Å². The average Bonchev–Trinajstić information content (AvgIpc) is 3.19. The third-order valence-electron chi connectivity index (χ3n) is 6.32. The minimum atomic E-state index is -3.68. The van der Waals surface area contributed by atoms with Crippen LogP contribution in [0, 0.1) is 6.92 Å². The first-order valence-corrected chi connectivity index (χ1v) is 14.5. The van der Waals surface area contributed by atoms with Crippen LogP contribution in [0.15, 0.2) is 65.1 Å². The number of nitrogens with one attached hydrogen (secondary N) is 1. The van der Waals surface area contributed by atoms with Crippen molar-refractivity contribution in [1.29, 1.82) is 0 Å². The van der Waals surface area contributed by atoms with Crippen molar-refractivity contribution in [3.05, 3.63) is 71.4 Å². The largest absolute Gasteiger partial charge is 0.489 e. The van der Waals surface area contributed by atoms with Crippen molar-refractivity contribution in [1.82, 2.24) is 14.1 Å². The molecular formula is C29H36N4O6S. The molecule has 1 fully saturated rings. The fourth-order valence-corrected chi connectivity index (χ4v) is 5.84. The summed E-state index contributed by atoms with van der Waals surface area (Å²) in [7, 11) is -1.88. The summed E-state index contributed by atoms with van der Waals surface area (Å²) in [5.41, 5.74) is 2.33. The second kappa shape index (κ2) is 12.2. The number of carbonyl (C=O) groups is 1. The number of rotatable bonds is 9. The molecule has 4 rings (SSSR count). The summed E-state index contributed by atoms with van der Waals surface area (Å²) in [5, 5.41) is 7.08. The summed E-state index contributed by atoms with van der Waals surface area (Å²) in [6.45, 7) is 10.5. The van der Waals surface area contributed by atoms with E-state index in [9.17, 15) is 13.2 Å². The molecule has 0 saturated carbocycles. The summed E-state index contributed by atoms with van der Waals surface area (Å²) >= 11 is 0. The van der Waals surface area contributed by atoms with Gasteiger partial charge in [0, 0.05) is 43.5 Å². The van der Waals surface area contributed by atoms with Gasteiger partial charge in [-0.05, 0) is 77.1 Å². The predicted molar refractivity (Wildman–Crippen MR) is 153 cm³/mol. The van der Waals surface area contributed by atoms with Gasteiger partial charge in [-0.1, -0.05) is 5.57 Å². The van der Waals surface area contributed by atoms with Gasteiger partial charge in [-0.25, -0.2) is 8.42 Å². The molecule has 0 spiro atoms. The molecule has 2 aromatic carbocycles. The van der Waals surface area contributed by atoms with E-state index in [4.69, 9.17) is 14.2 Å². The van der Waals surface area contributed by atoms with Crippen LogP contribution in [0.3, 0.4) is 0 Å². The Labute approximate surface area is 235 Å². The van der Waals surface area contributed by atoms with Gasteiger partial charge in [0.2, 0.25) is 10.0 Å². The van der Waals surface area contributed by atoms with Gasteiger partial charge in [0.1, 0.15) is 23.9 Å². The van der Waals surface area contributed by atoms with Crippen LogP contribution >= 0.6 is 0 Å². The third kappa shape index (κ3) is 7.29. The van der Waals surface area contributed by atoms with Crippen LogP contribution in [-0.2, 0) is 21.8 Å². The summed E-state index contributed by atoms with van der Waals surface area (Å²) in [5.74, 6) is 1.29. The Morgan fingerprint density at radius 3 is 2.30 bits per heavy atom. The highest BCUT2D eigenvalue weighted by Gasteiger charge is 2.32. The number of amides is 1. The third-order valence-corrected chi connectivity index (χ3v) is 8.17. The topological polar surface area (TPSA) is 112 Å². The van der Waals surface area contributed by atoms with Crippen LogP contribution < -0.4 is 14.8 Å². The lowest BCUT2D eigenvalue weighted by Gasteiger charge is -2.34. The quantitative estimate of drug-likeness (QED) is 0.365. The van der Waals surface area contributed by atoms with Gasteiger partial charge in [0.15, 0.2) is 5.82 Å². The zero-order valence-electron chi connectivity index (χ0n) is 23.7. The average molecular weight is 569 g/mol. The molecule has 0 aliphatic carbocycles. The Balaban J connectivity index is 1.55. The number of benzene rings is 2. The molecule has 214 valence electrons. The van der Waals surface area contributed by atoms with E-state index >= 15 is 0 Å². The zero-order valence-corrected chi connectivity index (χ0v) is 24.5. The van der Waals surface area contributed by atoms with Crippen LogP contribution in [0.25, 0.3) is 0 Å². The minimum Gasteiger partial charge on any atom is -0.489 e. The highest BCUT2D eigenvalue weighted by molar-refractivity contribution is 7.89. The van der Waals surface area contributed by atoms with Crippen molar-refractivity contribution in [2.24, 2.45) is 7.05 Å². The monoisotopic (exact) mass is 568 g/mol. The van der Waals surface area contributed by atoms with E-state index in [1.54, 1.807) is 48.1 Å². The molecule has 1 aromatic heterocycles. The molecule has 0 bridgehead atoms. The SMILES string of the molecule is CC(C)=CCOc1cc(Oc2ccc(S(=O)(=O)N3C[C@@H](C)O[C@@H](C)C3)cc2)cc(C(=O)Nc2cc(C)n(C)n2)c1. The van der Waals surface area contributed by atoms with E-state index < -0.39 is 10.0 Å². The molecule has 2 atom stereocenters. The summed E-state index contributed by atoms with van der Waals surface area (Å²) < 4.78 is 47.1. The first-order chi connectivity index (χ1) is 18.9. The number of hydrogen-bond acceptors (Lipinski definition) is 7. The molecule has 2 heterocycles. The van der Waals surface area contributed by atoms with Crippen molar-refractivity contribution in [3.63, 3.8) is 0 Å². The van der Waals surface area contributed by atoms with Crippen molar-refractivity contribution in [2.75, 3.05) is 25.0 Å². The van der Waals surface area contributed by atoms with Crippen LogP contribution in [0.1, 0.15) is 43.7 Å². The number of allylic oxidation sites excluding steroid dienone is 1. The fraction of sp³-hybridized carbons (Fsp3) is 0.379. The maximum absolute atomic E-state index is 13.2. The van der Waals surface area contributed by atoms with Gasteiger partial charge in [-0.15, -0.1) is 0 Å². The highest BCUT2D eigenvalue weighted by Crippen LogP contribution is 2.30. The summed E-state index contributed by atoms with van der Waals surface area (Å²) in [6.07, 6.45) is 1.57. The van der Waals surface area contributed by atoms with Gasteiger partial charge >= 0.3 is 0 Å². The second-order valence-electron chi connectivity index (χ2n) is 10.2. The number of aryl methyl sites for hydroxylation is 2. The number of hydrogen-bond donors (Lipinski definition) is 1. The van der Waals surface area contributed by atoms with Crippen LogP contribution in [0.5, 0.6) is 17.2 Å². The second-order valence-corrected chi connectivity index (χ2v) is 12.1. The molecule has 1 aliphatic rings. The predicted octanol–water partition coefficient (Wildman–Crippen LogP) is 4.92. The van der Waals surface area contributed by atoms with E-state index in [0.717, 1.165) is 11.3 Å². The van der Waals surface area contributed by atoms with E-state index in [1.165, 1.54) is 16.4 Å². The van der Waals surface area contributed by atoms with Gasteiger partial charge in [0.25, 0.3) is 5.91 Å². The lowest BCUT2D eigenvalue weighted by Crippen LogP contribution is -2.48. The van der Waals surface area contributed by atoms with Crippen molar-refractivity contribution < 1.29 is 27.4 Å². The molecule has 3 aromatic rings. The molecule has 10 nitrogen and oxygen atoms in total. The van der Waals surface area contributed by atoms with Gasteiger partial charge in [0.05, 0.1) is 17.1 Å². The molecule has 0 unspecified atom stereocenters. The van der Waals surface area contributed by atoms with Gasteiger partial charge in [-0.3, -0.25) is 9.48 Å². The number of nitrogens with zero attached hydrogens (tertiary/aromatic N) is 3. The minimum absolute atomic E-state index is 0.172. The van der Waals surface area contributed by atoms with E-state index in [2.05, 4.69) is 10.4 Å². The molecule has 1 amide bonds. The van der Waals surface area contributed by atoms with Crippen molar-refractivity contribution in [3.8, 4) is 17.2 Å². The number of aromatic nitrogens is 2. The number of carbonyl (C=O) groups excluding carboxylic acids is 1. The maximum atomic E-state index is 13.2. The number of morpholine rings is 1. The molecule has 1 N–H and O–H groups in total. The van der Waals surface area contributed by atoms with Gasteiger partial charge in [-0.2, -0.15) is 9.40 Å². The van der Waals surface area contributed by atoms with Crippen LogP contribution in [0.4, 0.5) is 5.82 Å². The van der Waals surface area contributed by atoms with Crippen LogP contribution in [-0.4, -0.2) is 60.3 Å². The summed E-state index contributed by atoms with van der Waals surface area (Å²) in [4.78, 5) is 13.2. The zero-order chi connectivity index (χ0) is 29.0. The van der Waals surface area contributed by atoms with E-state index in [-0.39, 0.29) is 23.0 Å². The van der Waals surface area contributed by atoms with Crippen LogP contribution in [0.2, 0.25) is 0 Å². The number of ether oxygens (including phenoxy) is 3. The molecule has 11 heteroatoms. The fourth-order valence-electron chi connectivity index (χ4n) is 4.25. The lowest BCUT2D eigenvalue weighted by molar-refractivity contribution is -0.0440. The van der Waals surface area contributed by atoms with E-state index in [1.807, 2.05) is 40.7 Å². The van der Waals surface area contributed by atoms with Crippen molar-refractivity contribution in [2.45, 2.75) is 51.7 Å². The highest BCUT2D eigenvalue weighted by atomic mass is 32.2. The normalized spacial score (nSPS) is 17.8. The first kappa shape index (κ1) is 29.3. The van der Waals surface area contributed by atoms with Gasteiger partial charge < -0.3 is 19.5 Å². The van der Waals surface area contributed by atoms with Crippen molar-refractivity contribution >= 4 is 21.7 Å². The summed E-state index contributed by atoms with van der Waals surface area (Å²) in [6, 6.07) is 12.9. The Morgan fingerprint density at radius 1 is 1.05 bits per heavy atom. The molecule has 1 aliphatic heterocycles. The Kier molecular flexibility index (Phi) is 8.97. The Morgan fingerprint density at radius 2 is 1.70 bits per heavy atom. The Hall–Kier alpha value is -3.67. The smallest absolute Gasteiger partial charge is 0.257 e. The molecule has 1 saturated heterocycles. The standard InChI is InChI=1S/C29H36N4O6S/c1-19(2)11-12-37-25-14-23(29(34)30-28-13-20(3)32(6)31-28)15-26(16-25)39-24-7-9-27(10-8-24)40(35,36)33-17-21(4)38-22(5)18-33/h7-11,13-16,21-22H,12,17-18H2,1-6H3,(H,30,31,34)/t21-,22+. The number of anilines is 1. The maximum Gasteiger partial charge on any atom is 0.257 e. The molecular weight excluding hydrogens is 532 g/mol.